The number of anilines is 1. The molecule has 1 saturated heterocycles. The Morgan fingerprint density at radius 1 is 1.00 bits per heavy atom. The average Bonchev–Trinajstić information content (AvgIpc) is 2.80. The summed E-state index contributed by atoms with van der Waals surface area (Å²) in [5.41, 5.74) is 4.30. The zero-order chi connectivity index (χ0) is 22.1. The van der Waals surface area contributed by atoms with Gasteiger partial charge >= 0.3 is 6.03 Å². The number of amides is 3. The van der Waals surface area contributed by atoms with Crippen LogP contribution in [0.5, 0.6) is 11.5 Å². The van der Waals surface area contributed by atoms with E-state index < -0.39 is 0 Å². The lowest BCUT2D eigenvalue weighted by atomic mass is 9.89. The number of hydrogen-bond donors (Lipinski definition) is 1. The summed E-state index contributed by atoms with van der Waals surface area (Å²) in [6, 6.07) is 22.8. The van der Waals surface area contributed by atoms with Crippen molar-refractivity contribution < 1.29 is 14.3 Å². The molecule has 6 nitrogen and oxygen atoms in total. The number of nitrogens with one attached hydrogen (secondary N) is 1. The minimum Gasteiger partial charge on any atom is -0.457 e. The molecule has 1 atom stereocenters. The van der Waals surface area contributed by atoms with Crippen LogP contribution in [-0.4, -0.2) is 41.4 Å². The van der Waals surface area contributed by atoms with Crippen molar-refractivity contribution in [3.8, 4) is 11.5 Å². The molecule has 32 heavy (non-hydrogen) atoms. The first-order chi connectivity index (χ1) is 15.6. The second-order valence-electron chi connectivity index (χ2n) is 8.31. The Morgan fingerprint density at radius 2 is 1.75 bits per heavy atom. The van der Waals surface area contributed by atoms with Gasteiger partial charge in [-0.05, 0) is 60.9 Å². The Morgan fingerprint density at radius 3 is 2.53 bits per heavy atom. The number of carbonyl (C=O) groups is 2. The molecule has 5 rings (SSSR count). The van der Waals surface area contributed by atoms with Crippen molar-refractivity contribution >= 4 is 17.6 Å². The third kappa shape index (κ3) is 4.04. The number of ether oxygens (including phenoxy) is 1. The number of carbonyl (C=O) groups excluding carboxylic acids is 2. The molecule has 2 aliphatic rings. The highest BCUT2D eigenvalue weighted by atomic mass is 16.5. The van der Waals surface area contributed by atoms with E-state index in [0.717, 1.165) is 17.7 Å². The van der Waals surface area contributed by atoms with E-state index in [1.54, 1.807) is 17.0 Å². The zero-order valence-corrected chi connectivity index (χ0v) is 18.0. The molecule has 0 bridgehead atoms. The minimum atomic E-state index is -0.269. The summed E-state index contributed by atoms with van der Waals surface area (Å²) in [4.78, 5) is 29.2. The Balaban J connectivity index is 1.27. The first-order valence-corrected chi connectivity index (χ1v) is 10.8. The van der Waals surface area contributed by atoms with Gasteiger partial charge in [0.15, 0.2) is 0 Å². The highest BCUT2D eigenvalue weighted by Crippen LogP contribution is 2.34. The van der Waals surface area contributed by atoms with E-state index in [4.69, 9.17) is 4.74 Å². The summed E-state index contributed by atoms with van der Waals surface area (Å²) in [6.07, 6.45) is 0.864. The summed E-state index contributed by atoms with van der Waals surface area (Å²) in [5.74, 6) is 1.44. The molecule has 3 amide bonds. The predicted molar refractivity (Wildman–Crippen MR) is 123 cm³/mol. The van der Waals surface area contributed by atoms with Gasteiger partial charge < -0.3 is 19.9 Å². The van der Waals surface area contributed by atoms with Crippen molar-refractivity contribution in [3.63, 3.8) is 0 Å². The van der Waals surface area contributed by atoms with Crippen molar-refractivity contribution in [3.05, 3.63) is 89.5 Å². The van der Waals surface area contributed by atoms with Crippen molar-refractivity contribution in [2.24, 2.45) is 0 Å². The Hall–Kier alpha value is -3.80. The number of benzene rings is 3. The van der Waals surface area contributed by atoms with Crippen LogP contribution >= 0.6 is 0 Å². The molecule has 0 spiro atoms. The van der Waals surface area contributed by atoms with Crippen LogP contribution in [-0.2, 0) is 11.2 Å². The maximum Gasteiger partial charge on any atom is 0.322 e. The molecule has 1 unspecified atom stereocenters. The van der Waals surface area contributed by atoms with E-state index in [9.17, 15) is 9.59 Å². The van der Waals surface area contributed by atoms with Gasteiger partial charge in [-0.25, -0.2) is 4.79 Å². The monoisotopic (exact) mass is 427 g/mol. The van der Waals surface area contributed by atoms with Gasteiger partial charge in [0, 0.05) is 18.8 Å². The van der Waals surface area contributed by atoms with Crippen LogP contribution in [0.25, 0.3) is 0 Å². The Kier molecular flexibility index (Phi) is 5.27. The second kappa shape index (κ2) is 8.38. The SMILES string of the molecule is Cc1ccc2c(c1)CCN1C(=O)CN(C(=O)Nc3ccc(Oc4ccccc4)cc3)CC21. The molecule has 0 radical (unpaired) electrons. The third-order valence-electron chi connectivity index (χ3n) is 6.07. The van der Waals surface area contributed by atoms with Gasteiger partial charge in [-0.1, -0.05) is 42.0 Å². The van der Waals surface area contributed by atoms with Crippen LogP contribution in [0.3, 0.4) is 0 Å². The maximum atomic E-state index is 12.9. The van der Waals surface area contributed by atoms with Gasteiger partial charge in [0.25, 0.3) is 0 Å². The fourth-order valence-corrected chi connectivity index (χ4v) is 4.45. The van der Waals surface area contributed by atoms with Crippen LogP contribution in [0.15, 0.2) is 72.8 Å². The molecule has 0 aromatic heterocycles. The molecule has 2 aliphatic heterocycles. The molecule has 0 saturated carbocycles. The third-order valence-corrected chi connectivity index (χ3v) is 6.07. The van der Waals surface area contributed by atoms with Crippen LogP contribution in [0.2, 0.25) is 0 Å². The molecule has 6 heteroatoms. The quantitative estimate of drug-likeness (QED) is 0.656. The summed E-state index contributed by atoms with van der Waals surface area (Å²) in [6.45, 7) is 3.37. The number of hydrogen-bond acceptors (Lipinski definition) is 3. The van der Waals surface area contributed by atoms with E-state index in [1.807, 2.05) is 47.4 Å². The number of nitrogens with zero attached hydrogens (tertiary/aromatic N) is 2. The first-order valence-electron chi connectivity index (χ1n) is 10.8. The Bertz CT molecular complexity index is 1140. The van der Waals surface area contributed by atoms with Gasteiger partial charge in [0.1, 0.15) is 18.0 Å². The number of para-hydroxylation sites is 1. The number of urea groups is 1. The van der Waals surface area contributed by atoms with Crippen molar-refractivity contribution in [1.29, 1.82) is 0 Å². The molecule has 3 aromatic carbocycles. The number of piperazine rings is 1. The predicted octanol–water partition coefficient (Wildman–Crippen LogP) is 4.76. The number of aryl methyl sites for hydroxylation is 1. The zero-order valence-electron chi connectivity index (χ0n) is 18.0. The smallest absolute Gasteiger partial charge is 0.322 e. The first kappa shape index (κ1) is 20.1. The average molecular weight is 428 g/mol. The van der Waals surface area contributed by atoms with Crippen LogP contribution in [0, 0.1) is 6.92 Å². The topological polar surface area (TPSA) is 61.9 Å². The van der Waals surface area contributed by atoms with Gasteiger partial charge in [-0.3, -0.25) is 4.79 Å². The summed E-state index contributed by atoms with van der Waals surface area (Å²) in [7, 11) is 0. The molecule has 2 heterocycles. The van der Waals surface area contributed by atoms with Crippen molar-refractivity contribution in [2.45, 2.75) is 19.4 Å². The van der Waals surface area contributed by atoms with Gasteiger partial charge in [0.2, 0.25) is 5.91 Å². The second-order valence-corrected chi connectivity index (χ2v) is 8.31. The molecule has 3 aromatic rings. The van der Waals surface area contributed by atoms with E-state index in [0.29, 0.717) is 24.5 Å². The lowest BCUT2D eigenvalue weighted by Gasteiger charge is -2.44. The molecule has 1 fully saturated rings. The largest absolute Gasteiger partial charge is 0.457 e. The molecule has 1 N–H and O–H groups in total. The fraction of sp³-hybridized carbons (Fsp3) is 0.231. The van der Waals surface area contributed by atoms with E-state index in [2.05, 4.69) is 30.4 Å². The normalized spacial score (nSPS) is 17.4. The standard InChI is InChI=1S/C26H25N3O3/c1-18-7-12-23-19(15-18)13-14-29-24(23)16-28(17-25(29)30)26(31)27-20-8-10-22(11-9-20)32-21-5-3-2-4-6-21/h2-12,15,24H,13-14,16-17H2,1H3,(H,27,31). The fourth-order valence-electron chi connectivity index (χ4n) is 4.45. The summed E-state index contributed by atoms with van der Waals surface area (Å²) >= 11 is 0. The number of fused-ring (bicyclic) bond motifs is 3. The van der Waals surface area contributed by atoms with E-state index in [-0.39, 0.29) is 24.5 Å². The highest BCUT2D eigenvalue weighted by Gasteiger charge is 2.38. The van der Waals surface area contributed by atoms with Gasteiger partial charge in [0.05, 0.1) is 6.04 Å². The summed E-state index contributed by atoms with van der Waals surface area (Å²) in [5, 5.41) is 2.91. The van der Waals surface area contributed by atoms with Gasteiger partial charge in [-0.2, -0.15) is 0 Å². The molecular weight excluding hydrogens is 402 g/mol. The van der Waals surface area contributed by atoms with Crippen molar-refractivity contribution in [2.75, 3.05) is 25.0 Å². The van der Waals surface area contributed by atoms with Gasteiger partial charge in [-0.15, -0.1) is 0 Å². The van der Waals surface area contributed by atoms with Crippen LogP contribution in [0.4, 0.5) is 10.5 Å². The minimum absolute atomic E-state index is 0.00534. The molecular formula is C26H25N3O3. The van der Waals surface area contributed by atoms with Crippen LogP contribution < -0.4 is 10.1 Å². The lowest BCUT2D eigenvalue weighted by Crippen LogP contribution is -2.56. The van der Waals surface area contributed by atoms with E-state index >= 15 is 0 Å². The van der Waals surface area contributed by atoms with Crippen molar-refractivity contribution in [1.82, 2.24) is 9.80 Å². The molecule has 162 valence electrons. The summed E-state index contributed by atoms with van der Waals surface area (Å²) < 4.78 is 5.80. The lowest BCUT2D eigenvalue weighted by molar-refractivity contribution is -0.139. The van der Waals surface area contributed by atoms with E-state index in [1.165, 1.54) is 11.1 Å². The van der Waals surface area contributed by atoms with Crippen LogP contribution in [0.1, 0.15) is 22.7 Å². The number of rotatable bonds is 3. The Labute approximate surface area is 187 Å². The molecule has 0 aliphatic carbocycles. The highest BCUT2D eigenvalue weighted by molar-refractivity contribution is 5.93. The maximum absolute atomic E-state index is 12.9.